The average Bonchev–Trinajstić information content (AvgIpc) is 3.22. The highest BCUT2D eigenvalue weighted by Gasteiger charge is 2.37. The van der Waals surface area contributed by atoms with Crippen molar-refractivity contribution in [3.8, 4) is 5.69 Å². The van der Waals surface area contributed by atoms with Gasteiger partial charge in [0.2, 0.25) is 0 Å². The fraction of sp³-hybridized carbons (Fsp3) is 0.385. The van der Waals surface area contributed by atoms with E-state index in [2.05, 4.69) is 0 Å². The fourth-order valence-electron chi connectivity index (χ4n) is 3.68. The molecule has 2 aromatic rings. The number of thioether (sulfide) groups is 1. The molecule has 2 amide bonds. The number of benzene rings is 1. The van der Waals surface area contributed by atoms with Crippen LogP contribution < -0.4 is 0 Å². The van der Waals surface area contributed by atoms with Crippen molar-refractivity contribution in [1.82, 2.24) is 9.47 Å². The predicted molar refractivity (Wildman–Crippen MR) is 134 cm³/mol. The molecule has 1 fully saturated rings. The van der Waals surface area contributed by atoms with Crippen LogP contribution in [0.15, 0.2) is 35.2 Å². The van der Waals surface area contributed by atoms with Crippen LogP contribution in [0.4, 0.5) is 4.79 Å². The van der Waals surface area contributed by atoms with E-state index in [0.29, 0.717) is 12.2 Å². The van der Waals surface area contributed by atoms with Crippen molar-refractivity contribution < 1.29 is 28.7 Å². The summed E-state index contributed by atoms with van der Waals surface area (Å²) >= 11 is 0.800. The molecule has 1 saturated heterocycles. The number of unbranched alkanes of at least 4 members (excludes halogenated alkanes) is 1. The Bertz CT molecular complexity index is 1160. The molecule has 0 N–H and O–H groups in total. The molecule has 0 atom stereocenters. The SMILES string of the molecule is CCCCOC(=O)c1ccc(-n2c(C)cc(/C=C3\SC(=O)N(CC(=O)OC(C)C)C3=O)c2C)cc1. The maximum atomic E-state index is 12.8. The normalized spacial score (nSPS) is 14.8. The lowest BCUT2D eigenvalue weighted by molar-refractivity contribution is -0.149. The third-order valence-corrected chi connectivity index (χ3v) is 6.28. The Morgan fingerprint density at radius 2 is 1.80 bits per heavy atom. The van der Waals surface area contributed by atoms with Crippen LogP contribution in [-0.2, 0) is 19.1 Å². The molecular formula is C26H30N2O6S. The first-order valence-corrected chi connectivity index (χ1v) is 12.3. The first-order chi connectivity index (χ1) is 16.6. The summed E-state index contributed by atoms with van der Waals surface area (Å²) in [6.45, 7) is 9.28. The van der Waals surface area contributed by atoms with Gasteiger partial charge in [-0.2, -0.15) is 0 Å². The van der Waals surface area contributed by atoms with Crippen molar-refractivity contribution >= 4 is 40.9 Å². The van der Waals surface area contributed by atoms with Gasteiger partial charge in [-0.05, 0) is 87.8 Å². The number of carbonyl (C=O) groups is 4. The minimum atomic E-state index is -0.626. The van der Waals surface area contributed by atoms with Crippen LogP contribution in [0.3, 0.4) is 0 Å². The molecule has 35 heavy (non-hydrogen) atoms. The van der Waals surface area contributed by atoms with Crippen molar-refractivity contribution in [1.29, 1.82) is 0 Å². The first kappa shape index (κ1) is 26.3. The molecule has 1 aliphatic rings. The molecule has 0 bridgehead atoms. The van der Waals surface area contributed by atoms with Crippen LogP contribution in [0.25, 0.3) is 11.8 Å². The first-order valence-electron chi connectivity index (χ1n) is 11.5. The van der Waals surface area contributed by atoms with Crippen LogP contribution in [0.2, 0.25) is 0 Å². The van der Waals surface area contributed by atoms with Gasteiger partial charge in [0.1, 0.15) is 6.54 Å². The summed E-state index contributed by atoms with van der Waals surface area (Å²) in [4.78, 5) is 50.3. The number of esters is 2. The largest absolute Gasteiger partial charge is 0.462 e. The second kappa shape index (κ2) is 11.4. The topological polar surface area (TPSA) is 94.9 Å². The number of aromatic nitrogens is 1. The van der Waals surface area contributed by atoms with Gasteiger partial charge in [-0.15, -0.1) is 0 Å². The minimum Gasteiger partial charge on any atom is -0.462 e. The smallest absolute Gasteiger partial charge is 0.338 e. The van der Waals surface area contributed by atoms with Gasteiger partial charge in [0, 0.05) is 17.1 Å². The zero-order valence-corrected chi connectivity index (χ0v) is 21.4. The summed E-state index contributed by atoms with van der Waals surface area (Å²) in [6, 6.07) is 9.06. The van der Waals surface area contributed by atoms with Crippen LogP contribution >= 0.6 is 11.8 Å². The standard InChI is InChI=1S/C26H30N2O6S/c1-6-7-12-33-25(31)19-8-10-21(11-9-19)28-17(4)13-20(18(28)5)14-22-24(30)27(26(32)35-22)15-23(29)34-16(2)3/h8-11,13-14,16H,6-7,12,15H2,1-5H3/b22-14-. The van der Waals surface area contributed by atoms with Crippen molar-refractivity contribution in [3.05, 3.63) is 57.8 Å². The van der Waals surface area contributed by atoms with Gasteiger partial charge in [-0.3, -0.25) is 19.3 Å². The van der Waals surface area contributed by atoms with E-state index in [9.17, 15) is 19.2 Å². The van der Waals surface area contributed by atoms with Crippen LogP contribution in [-0.4, -0.2) is 51.8 Å². The van der Waals surface area contributed by atoms with Gasteiger partial charge < -0.3 is 14.0 Å². The second-order valence-electron chi connectivity index (χ2n) is 8.50. The van der Waals surface area contributed by atoms with E-state index in [0.717, 1.165) is 52.1 Å². The number of aryl methyl sites for hydroxylation is 1. The molecule has 0 unspecified atom stereocenters. The molecule has 2 heterocycles. The molecule has 0 spiro atoms. The maximum absolute atomic E-state index is 12.8. The molecular weight excluding hydrogens is 468 g/mol. The van der Waals surface area contributed by atoms with Gasteiger partial charge in [0.05, 0.1) is 23.2 Å². The highest BCUT2D eigenvalue weighted by molar-refractivity contribution is 8.18. The van der Waals surface area contributed by atoms with Crippen molar-refractivity contribution in [2.45, 2.75) is 53.6 Å². The lowest BCUT2D eigenvalue weighted by Gasteiger charge is -2.13. The number of imide groups is 1. The lowest BCUT2D eigenvalue weighted by atomic mass is 10.2. The Balaban J connectivity index is 1.79. The molecule has 0 radical (unpaired) electrons. The number of rotatable bonds is 9. The third kappa shape index (κ3) is 6.22. The van der Waals surface area contributed by atoms with Gasteiger partial charge in [0.25, 0.3) is 11.1 Å². The summed E-state index contributed by atoms with van der Waals surface area (Å²) in [5.41, 5.74) is 3.91. The zero-order chi connectivity index (χ0) is 25.7. The highest BCUT2D eigenvalue weighted by atomic mass is 32.2. The summed E-state index contributed by atoms with van der Waals surface area (Å²) < 4.78 is 12.3. The van der Waals surface area contributed by atoms with Crippen molar-refractivity contribution in [2.24, 2.45) is 0 Å². The summed E-state index contributed by atoms with van der Waals surface area (Å²) in [5.74, 6) is -1.49. The number of ether oxygens (including phenoxy) is 2. The zero-order valence-electron chi connectivity index (χ0n) is 20.6. The monoisotopic (exact) mass is 498 g/mol. The second-order valence-corrected chi connectivity index (χ2v) is 9.50. The lowest BCUT2D eigenvalue weighted by Crippen LogP contribution is -2.35. The van der Waals surface area contributed by atoms with E-state index >= 15 is 0 Å². The quantitative estimate of drug-likeness (QED) is 0.272. The van der Waals surface area contributed by atoms with Crippen LogP contribution in [0, 0.1) is 13.8 Å². The van der Waals surface area contributed by atoms with Crippen LogP contribution in [0.5, 0.6) is 0 Å². The summed E-state index contributed by atoms with van der Waals surface area (Å²) in [6.07, 6.45) is 3.12. The van der Waals surface area contributed by atoms with Gasteiger partial charge in [-0.25, -0.2) is 4.79 Å². The van der Waals surface area contributed by atoms with E-state index in [1.54, 1.807) is 32.1 Å². The predicted octanol–water partition coefficient (Wildman–Crippen LogP) is 5.04. The van der Waals surface area contributed by atoms with Gasteiger partial charge in [0.15, 0.2) is 0 Å². The molecule has 0 saturated carbocycles. The summed E-state index contributed by atoms with van der Waals surface area (Å²) in [7, 11) is 0. The Hall–Kier alpha value is -3.33. The Morgan fingerprint density at radius 1 is 1.11 bits per heavy atom. The molecule has 1 aromatic carbocycles. The number of hydrogen-bond donors (Lipinski definition) is 0. The minimum absolute atomic E-state index is 0.248. The van der Waals surface area contributed by atoms with E-state index in [4.69, 9.17) is 9.47 Å². The number of carbonyl (C=O) groups excluding carboxylic acids is 4. The Morgan fingerprint density at radius 3 is 2.43 bits per heavy atom. The number of hydrogen-bond acceptors (Lipinski definition) is 7. The molecule has 9 heteroatoms. The van der Waals surface area contributed by atoms with Gasteiger partial charge >= 0.3 is 11.9 Å². The van der Waals surface area contributed by atoms with E-state index in [1.165, 1.54) is 0 Å². The van der Waals surface area contributed by atoms with E-state index < -0.39 is 23.7 Å². The maximum Gasteiger partial charge on any atom is 0.338 e. The molecule has 1 aliphatic heterocycles. The van der Waals surface area contributed by atoms with Crippen molar-refractivity contribution in [2.75, 3.05) is 13.2 Å². The van der Waals surface area contributed by atoms with Gasteiger partial charge in [-0.1, -0.05) is 13.3 Å². The summed E-state index contributed by atoms with van der Waals surface area (Å²) in [5, 5.41) is -0.503. The average molecular weight is 499 g/mol. The Labute approximate surface area is 209 Å². The Kier molecular flexibility index (Phi) is 8.56. The molecule has 186 valence electrons. The van der Waals surface area contributed by atoms with E-state index in [-0.39, 0.29) is 17.0 Å². The van der Waals surface area contributed by atoms with Crippen LogP contribution in [0.1, 0.15) is 60.9 Å². The number of nitrogens with zero attached hydrogens (tertiary/aromatic N) is 2. The third-order valence-electron chi connectivity index (χ3n) is 5.38. The number of amides is 2. The molecule has 8 nitrogen and oxygen atoms in total. The molecule has 0 aliphatic carbocycles. The highest BCUT2D eigenvalue weighted by Crippen LogP contribution is 2.33. The fourth-order valence-corrected chi connectivity index (χ4v) is 4.51. The van der Waals surface area contributed by atoms with E-state index in [1.807, 2.05) is 43.5 Å². The van der Waals surface area contributed by atoms with Crippen molar-refractivity contribution in [3.63, 3.8) is 0 Å². The molecule has 1 aromatic heterocycles. The molecule has 3 rings (SSSR count).